The number of hydrogen-bond donors (Lipinski definition) is 1. The Bertz CT molecular complexity index is 442. The first kappa shape index (κ1) is 14.7. The van der Waals surface area contributed by atoms with Crippen molar-refractivity contribution in [2.75, 3.05) is 18.1 Å². The van der Waals surface area contributed by atoms with E-state index in [4.69, 9.17) is 5.11 Å². The quantitative estimate of drug-likeness (QED) is 0.716. The molecule has 0 spiro atoms. The van der Waals surface area contributed by atoms with Crippen molar-refractivity contribution in [3.8, 4) is 0 Å². The molecule has 1 N–H and O–H groups in total. The largest absolute Gasteiger partial charge is 0.481 e. The van der Waals surface area contributed by atoms with Crippen molar-refractivity contribution in [2.24, 2.45) is 0 Å². The van der Waals surface area contributed by atoms with Gasteiger partial charge in [0.1, 0.15) is 0 Å². The Labute approximate surface area is 106 Å². The molecule has 1 saturated heterocycles. The summed E-state index contributed by atoms with van der Waals surface area (Å²) in [5.74, 6) is -1.67. The summed E-state index contributed by atoms with van der Waals surface area (Å²) in [4.78, 5) is 23.9. The molecule has 7 heteroatoms. The molecular weight excluding hydrogens is 258 g/mol. The molecule has 6 nitrogen and oxygen atoms in total. The van der Waals surface area contributed by atoms with Crippen LogP contribution in [0.4, 0.5) is 0 Å². The number of amides is 1. The van der Waals surface area contributed by atoms with Gasteiger partial charge in [0.25, 0.3) is 0 Å². The van der Waals surface area contributed by atoms with Crippen LogP contribution in [0.2, 0.25) is 0 Å². The van der Waals surface area contributed by atoms with Crippen molar-refractivity contribution in [2.45, 2.75) is 25.3 Å². The minimum Gasteiger partial charge on any atom is -0.481 e. The van der Waals surface area contributed by atoms with E-state index in [2.05, 4.69) is 6.58 Å². The van der Waals surface area contributed by atoms with Crippen molar-refractivity contribution >= 4 is 21.7 Å². The lowest BCUT2D eigenvalue weighted by Gasteiger charge is -2.34. The molecule has 1 fully saturated rings. The zero-order valence-electron chi connectivity index (χ0n) is 10.0. The zero-order valence-corrected chi connectivity index (χ0v) is 10.9. The van der Waals surface area contributed by atoms with Crippen LogP contribution < -0.4 is 0 Å². The van der Waals surface area contributed by atoms with Gasteiger partial charge in [-0.25, -0.2) is 8.42 Å². The monoisotopic (exact) mass is 275 g/mol. The molecule has 1 rings (SSSR count). The molecule has 0 aromatic heterocycles. The Morgan fingerprint density at radius 1 is 1.44 bits per heavy atom. The Balaban J connectivity index is 2.77. The van der Waals surface area contributed by atoms with E-state index in [9.17, 15) is 18.0 Å². The number of sulfone groups is 1. The van der Waals surface area contributed by atoms with Gasteiger partial charge in [-0.1, -0.05) is 6.08 Å². The first-order valence-electron chi connectivity index (χ1n) is 5.68. The molecule has 0 radical (unpaired) electrons. The molecule has 0 bridgehead atoms. The van der Waals surface area contributed by atoms with E-state index in [0.29, 0.717) is 6.42 Å². The van der Waals surface area contributed by atoms with Crippen LogP contribution in [0.25, 0.3) is 0 Å². The van der Waals surface area contributed by atoms with Gasteiger partial charge in [-0.05, 0) is 6.42 Å². The van der Waals surface area contributed by atoms with Crippen LogP contribution >= 0.6 is 0 Å². The lowest BCUT2D eigenvalue weighted by molar-refractivity contribution is -0.140. The van der Waals surface area contributed by atoms with Crippen LogP contribution in [0, 0.1) is 0 Å². The number of hydrogen-bond acceptors (Lipinski definition) is 4. The Hall–Kier alpha value is -1.37. The zero-order chi connectivity index (χ0) is 13.8. The van der Waals surface area contributed by atoms with Crippen LogP contribution in [0.15, 0.2) is 12.7 Å². The number of carbonyl (C=O) groups excluding carboxylic acids is 1. The maximum Gasteiger partial charge on any atom is 0.305 e. The summed E-state index contributed by atoms with van der Waals surface area (Å²) in [5, 5.41) is 8.76. The van der Waals surface area contributed by atoms with Gasteiger partial charge in [0, 0.05) is 13.0 Å². The molecule has 18 heavy (non-hydrogen) atoms. The standard InChI is InChI=1S/C11H17NO5S/c1-2-3-4-10(13)12-5-6-18(16,17)8-9(12)7-11(14)15/h2,9H,1,3-8H2,(H,14,15). The lowest BCUT2D eigenvalue weighted by Crippen LogP contribution is -2.51. The average Bonchev–Trinajstić information content (AvgIpc) is 2.24. The number of carboxylic acids is 1. The van der Waals surface area contributed by atoms with Gasteiger partial charge in [0.05, 0.1) is 24.0 Å². The highest BCUT2D eigenvalue weighted by atomic mass is 32.2. The molecule has 1 amide bonds. The molecule has 1 unspecified atom stereocenters. The summed E-state index contributed by atoms with van der Waals surface area (Å²) in [6.07, 6.45) is 2.01. The fourth-order valence-electron chi connectivity index (χ4n) is 1.95. The minimum absolute atomic E-state index is 0.0796. The van der Waals surface area contributed by atoms with Gasteiger partial charge in [0.2, 0.25) is 5.91 Å². The van der Waals surface area contributed by atoms with Crippen LogP contribution in [-0.2, 0) is 19.4 Å². The van der Waals surface area contributed by atoms with Crippen molar-refractivity contribution in [3.63, 3.8) is 0 Å². The SMILES string of the molecule is C=CCCC(=O)N1CCS(=O)(=O)CC1CC(=O)O. The summed E-state index contributed by atoms with van der Waals surface area (Å²) in [6.45, 7) is 3.59. The normalized spacial score (nSPS) is 22.4. The molecule has 102 valence electrons. The van der Waals surface area contributed by atoms with Crippen molar-refractivity contribution in [3.05, 3.63) is 12.7 Å². The van der Waals surface area contributed by atoms with Gasteiger partial charge in [-0.2, -0.15) is 0 Å². The molecule has 0 aromatic rings. The lowest BCUT2D eigenvalue weighted by atomic mass is 10.1. The van der Waals surface area contributed by atoms with Crippen molar-refractivity contribution in [1.29, 1.82) is 0 Å². The highest BCUT2D eigenvalue weighted by Gasteiger charge is 2.34. The maximum atomic E-state index is 11.9. The minimum atomic E-state index is -3.24. The summed E-state index contributed by atoms with van der Waals surface area (Å²) in [7, 11) is -3.24. The number of nitrogens with zero attached hydrogens (tertiary/aromatic N) is 1. The second kappa shape index (κ2) is 5.99. The van der Waals surface area contributed by atoms with E-state index in [0.717, 1.165) is 0 Å². The van der Waals surface area contributed by atoms with Gasteiger partial charge in [-0.3, -0.25) is 9.59 Å². The number of aliphatic carboxylic acids is 1. The molecule has 1 heterocycles. The molecule has 0 aromatic carbocycles. The predicted molar refractivity (Wildman–Crippen MR) is 65.8 cm³/mol. The number of carboxylic acid groups (broad SMARTS) is 1. The Morgan fingerprint density at radius 2 is 2.11 bits per heavy atom. The molecular formula is C11H17NO5S. The maximum absolute atomic E-state index is 11.9. The first-order chi connectivity index (χ1) is 8.35. The van der Waals surface area contributed by atoms with Crippen LogP contribution in [0.3, 0.4) is 0 Å². The number of rotatable bonds is 5. The van der Waals surface area contributed by atoms with E-state index in [1.54, 1.807) is 6.08 Å². The number of allylic oxidation sites excluding steroid dienone is 1. The highest BCUT2D eigenvalue weighted by molar-refractivity contribution is 7.91. The Morgan fingerprint density at radius 3 is 2.67 bits per heavy atom. The van der Waals surface area contributed by atoms with E-state index in [1.807, 2.05) is 0 Å². The Kier molecular flexibility index (Phi) is 4.89. The highest BCUT2D eigenvalue weighted by Crippen LogP contribution is 2.16. The molecule has 1 aliphatic heterocycles. The van der Waals surface area contributed by atoms with Crippen molar-refractivity contribution < 1.29 is 23.1 Å². The van der Waals surface area contributed by atoms with Gasteiger partial charge in [-0.15, -0.1) is 6.58 Å². The molecule has 0 saturated carbocycles. The van der Waals surface area contributed by atoms with E-state index < -0.39 is 21.8 Å². The third-order valence-corrected chi connectivity index (χ3v) is 4.52. The average molecular weight is 275 g/mol. The topological polar surface area (TPSA) is 91.8 Å². The second-order valence-corrected chi connectivity index (χ2v) is 6.51. The fraction of sp³-hybridized carbons (Fsp3) is 0.636. The first-order valence-corrected chi connectivity index (χ1v) is 7.50. The van der Waals surface area contributed by atoms with Crippen LogP contribution in [0.1, 0.15) is 19.3 Å². The predicted octanol–water partition coefficient (Wildman–Crippen LogP) is 0.0529. The van der Waals surface area contributed by atoms with Crippen molar-refractivity contribution in [1.82, 2.24) is 4.90 Å². The van der Waals surface area contributed by atoms with E-state index in [-0.39, 0.29) is 36.8 Å². The smallest absolute Gasteiger partial charge is 0.305 e. The third-order valence-electron chi connectivity index (χ3n) is 2.82. The van der Waals surface area contributed by atoms with Gasteiger partial charge in [0.15, 0.2) is 9.84 Å². The fourth-order valence-corrected chi connectivity index (χ4v) is 3.48. The third kappa shape index (κ3) is 4.14. The molecule has 1 atom stereocenters. The summed E-state index contributed by atoms with van der Waals surface area (Å²) in [5.41, 5.74) is 0. The summed E-state index contributed by atoms with van der Waals surface area (Å²) in [6, 6.07) is -0.751. The van der Waals surface area contributed by atoms with E-state index in [1.165, 1.54) is 4.90 Å². The second-order valence-electron chi connectivity index (χ2n) is 4.28. The summed E-state index contributed by atoms with van der Waals surface area (Å²) >= 11 is 0. The number of carbonyl (C=O) groups is 2. The molecule has 1 aliphatic rings. The molecule has 0 aliphatic carbocycles. The van der Waals surface area contributed by atoms with E-state index >= 15 is 0 Å². The van der Waals surface area contributed by atoms with Crippen LogP contribution in [0.5, 0.6) is 0 Å². The summed E-state index contributed by atoms with van der Waals surface area (Å²) < 4.78 is 23.0. The van der Waals surface area contributed by atoms with Crippen LogP contribution in [-0.4, -0.2) is 54.4 Å². The van der Waals surface area contributed by atoms with Gasteiger partial charge < -0.3 is 10.0 Å². The van der Waals surface area contributed by atoms with Gasteiger partial charge >= 0.3 is 5.97 Å².